The lowest BCUT2D eigenvalue weighted by atomic mass is 9.96. The van der Waals surface area contributed by atoms with Gasteiger partial charge in [-0.2, -0.15) is 0 Å². The summed E-state index contributed by atoms with van der Waals surface area (Å²) in [6, 6.07) is 8.43. The summed E-state index contributed by atoms with van der Waals surface area (Å²) in [6.07, 6.45) is -13.5. The molecule has 0 bridgehead atoms. The van der Waals surface area contributed by atoms with E-state index in [4.69, 9.17) is 66.3 Å². The zero-order chi connectivity index (χ0) is 52.7. The van der Waals surface area contributed by atoms with E-state index < -0.39 is 128 Å². The lowest BCUT2D eigenvalue weighted by Crippen LogP contribution is -2.66. The molecule has 0 N–H and O–H groups in total. The van der Waals surface area contributed by atoms with Crippen molar-refractivity contribution in [3.05, 3.63) is 53.6 Å². The van der Waals surface area contributed by atoms with Crippen LogP contribution in [-0.4, -0.2) is 134 Å². The van der Waals surface area contributed by atoms with Gasteiger partial charge in [-0.25, -0.2) is 4.79 Å². The van der Waals surface area contributed by atoms with Crippen LogP contribution in [0.1, 0.15) is 80.4 Å². The molecule has 2 aromatic carbocycles. The predicted octanol–water partition coefficient (Wildman–Crippen LogP) is 2.72. The summed E-state index contributed by atoms with van der Waals surface area (Å²) >= 11 is 0. The molecule has 24 nitrogen and oxygen atoms in total. The minimum absolute atomic E-state index is 0.0328. The number of esters is 10. The van der Waals surface area contributed by atoms with Crippen molar-refractivity contribution in [2.45, 2.75) is 137 Å². The highest BCUT2D eigenvalue weighted by atomic mass is 16.8. The zero-order valence-corrected chi connectivity index (χ0v) is 40.3. The van der Waals surface area contributed by atoms with Gasteiger partial charge in [-0.15, -0.1) is 0 Å². The summed E-state index contributed by atoms with van der Waals surface area (Å²) in [5.41, 5.74) is 0.772. The first-order valence-electron chi connectivity index (χ1n) is 21.7. The van der Waals surface area contributed by atoms with Crippen LogP contribution in [0, 0.1) is 0 Å². The fraction of sp³-hybridized carbons (Fsp3) is 0.489. The van der Waals surface area contributed by atoms with E-state index >= 15 is 0 Å². The van der Waals surface area contributed by atoms with Crippen molar-refractivity contribution < 1.29 is 114 Å². The molecule has 386 valence electrons. The van der Waals surface area contributed by atoms with E-state index in [2.05, 4.69) is 0 Å². The van der Waals surface area contributed by atoms with Crippen LogP contribution in [0.5, 0.6) is 23.0 Å². The molecule has 0 radical (unpaired) electrons. The fourth-order valence-corrected chi connectivity index (χ4v) is 7.14. The van der Waals surface area contributed by atoms with Crippen molar-refractivity contribution in [1.82, 2.24) is 0 Å². The smallest absolute Gasteiger partial charge is 0.330 e. The molecular formula is C47H54O24. The van der Waals surface area contributed by atoms with Gasteiger partial charge >= 0.3 is 59.7 Å². The molecule has 2 aromatic rings. The number of ether oxygens (including phenoxy) is 14. The van der Waals surface area contributed by atoms with Gasteiger partial charge in [0.05, 0.1) is 12.7 Å². The molecule has 0 amide bonds. The molecule has 24 heteroatoms. The third kappa shape index (κ3) is 17.6. The molecule has 0 saturated carbocycles. The van der Waals surface area contributed by atoms with Crippen LogP contribution in [0.25, 0.3) is 6.08 Å². The molecule has 2 heterocycles. The van der Waals surface area contributed by atoms with Gasteiger partial charge in [-0.3, -0.25) is 43.2 Å². The van der Waals surface area contributed by atoms with Crippen LogP contribution in [0.2, 0.25) is 0 Å². The first-order valence-corrected chi connectivity index (χ1v) is 21.7. The largest absolute Gasteiger partial charge is 0.460 e. The molecule has 2 fully saturated rings. The lowest BCUT2D eigenvalue weighted by molar-refractivity contribution is -0.359. The third-order valence-electron chi connectivity index (χ3n) is 9.59. The minimum atomic E-state index is -1.78. The molecule has 2 saturated heterocycles. The first-order chi connectivity index (χ1) is 33.4. The molecule has 0 aliphatic carbocycles. The Morgan fingerprint density at radius 2 is 0.958 bits per heavy atom. The molecule has 0 spiro atoms. The Kier molecular flexibility index (Phi) is 20.7. The molecule has 0 aromatic heterocycles. The van der Waals surface area contributed by atoms with Crippen molar-refractivity contribution in [1.29, 1.82) is 0 Å². The number of hydrogen-bond acceptors (Lipinski definition) is 24. The summed E-state index contributed by atoms with van der Waals surface area (Å²) in [5, 5.41) is 0. The Hall–Kier alpha value is -7.28. The van der Waals surface area contributed by atoms with Gasteiger partial charge in [0.1, 0.15) is 18.8 Å². The lowest BCUT2D eigenvalue weighted by Gasteiger charge is -2.48. The number of hydrogen-bond donors (Lipinski definition) is 0. The normalized spacial score (nSPS) is 23.7. The average Bonchev–Trinajstić information content (AvgIpc) is 3.24. The van der Waals surface area contributed by atoms with Gasteiger partial charge in [0, 0.05) is 68.4 Å². The van der Waals surface area contributed by atoms with Crippen LogP contribution >= 0.6 is 0 Å². The maximum absolute atomic E-state index is 13.3. The van der Waals surface area contributed by atoms with Crippen molar-refractivity contribution in [3.8, 4) is 23.0 Å². The molecular weight excluding hydrogens is 948 g/mol. The highest BCUT2D eigenvalue weighted by Gasteiger charge is 2.57. The maximum atomic E-state index is 13.3. The topological polar surface area (TPSA) is 300 Å². The van der Waals surface area contributed by atoms with Gasteiger partial charge in [-0.1, -0.05) is 12.1 Å². The van der Waals surface area contributed by atoms with E-state index in [9.17, 15) is 47.9 Å². The Morgan fingerprint density at radius 1 is 0.493 bits per heavy atom. The molecule has 10 unspecified atom stereocenters. The van der Waals surface area contributed by atoms with Gasteiger partial charge in [-0.05, 0) is 54.8 Å². The zero-order valence-electron chi connectivity index (χ0n) is 40.3. The van der Waals surface area contributed by atoms with E-state index in [1.54, 1.807) is 6.07 Å². The van der Waals surface area contributed by atoms with Crippen LogP contribution < -0.4 is 18.9 Å². The predicted molar refractivity (Wildman–Crippen MR) is 233 cm³/mol. The van der Waals surface area contributed by atoms with Gasteiger partial charge in [0.25, 0.3) is 0 Å². The second kappa shape index (κ2) is 26.1. The van der Waals surface area contributed by atoms with E-state index in [-0.39, 0.29) is 36.0 Å². The van der Waals surface area contributed by atoms with Crippen molar-refractivity contribution >= 4 is 65.8 Å². The SMILES string of the molecule is CC(=O)Oc1ccc(C=CC(=O)OCC2OC(OCCc3ccc(OC(C)=O)c(OC(C)=O)c3)C(OC(C)=O)C(OC3OC(C)C(OC(C)=O)C(OC(C)=O)C3OC(C)=O)C2OC(C)=O)cc1OC(C)=O. The number of carbonyl (C=O) groups is 10. The monoisotopic (exact) mass is 1000 g/mol. The first kappa shape index (κ1) is 56.3. The fourth-order valence-electron chi connectivity index (χ4n) is 7.14. The van der Waals surface area contributed by atoms with Gasteiger partial charge in [0.15, 0.2) is 66.1 Å². The molecule has 2 aliphatic heterocycles. The van der Waals surface area contributed by atoms with E-state index in [1.807, 2.05) is 0 Å². The second-order valence-electron chi connectivity index (χ2n) is 15.7. The van der Waals surface area contributed by atoms with Crippen molar-refractivity contribution in [2.24, 2.45) is 0 Å². The highest BCUT2D eigenvalue weighted by Crippen LogP contribution is 2.36. The van der Waals surface area contributed by atoms with Crippen LogP contribution in [-0.2, 0) is 102 Å². The molecule has 2 aliphatic rings. The van der Waals surface area contributed by atoms with E-state index in [0.717, 1.165) is 68.4 Å². The van der Waals surface area contributed by atoms with Gasteiger partial charge in [0.2, 0.25) is 0 Å². The van der Waals surface area contributed by atoms with Crippen molar-refractivity contribution in [2.75, 3.05) is 13.2 Å². The van der Waals surface area contributed by atoms with Gasteiger partial charge < -0.3 is 66.3 Å². The minimum Gasteiger partial charge on any atom is -0.460 e. The Bertz CT molecular complexity index is 2360. The number of rotatable bonds is 19. The Labute approximate surface area is 406 Å². The van der Waals surface area contributed by atoms with Crippen LogP contribution in [0.3, 0.4) is 0 Å². The summed E-state index contributed by atoms with van der Waals surface area (Å²) in [5.74, 6) is -8.60. The maximum Gasteiger partial charge on any atom is 0.330 e. The summed E-state index contributed by atoms with van der Waals surface area (Å²) < 4.78 is 79.0. The summed E-state index contributed by atoms with van der Waals surface area (Å²) in [6.45, 7) is 10.3. The molecule has 4 rings (SSSR count). The van der Waals surface area contributed by atoms with Crippen molar-refractivity contribution in [3.63, 3.8) is 0 Å². The molecule has 10 atom stereocenters. The highest BCUT2D eigenvalue weighted by molar-refractivity contribution is 5.87. The number of benzene rings is 2. The van der Waals surface area contributed by atoms with Crippen LogP contribution in [0.4, 0.5) is 0 Å². The third-order valence-corrected chi connectivity index (χ3v) is 9.59. The van der Waals surface area contributed by atoms with E-state index in [0.29, 0.717) is 11.1 Å². The quantitative estimate of drug-likeness (QED) is 0.0845. The van der Waals surface area contributed by atoms with E-state index in [1.165, 1.54) is 43.3 Å². The van der Waals surface area contributed by atoms with Crippen LogP contribution in [0.15, 0.2) is 42.5 Å². The summed E-state index contributed by atoms with van der Waals surface area (Å²) in [7, 11) is 0. The standard InChI is InChI=1S/C47H54O24/c1-22-40(65-27(6)52)42(67-29(8)54)45(69-31(10)56)47(60-22)71-43-41(66-28(7)53)38(21-59-39(57)16-13-32-11-14-34(61-23(2)48)36(19-32)63-25(4)50)70-46(44(43)68-30(9)55)58-18-17-33-12-15-35(62-24(3)49)37(20-33)64-26(5)51/h11-16,19-20,22,38,40-47H,17-18,21H2,1-10H3. The summed E-state index contributed by atoms with van der Waals surface area (Å²) in [4.78, 5) is 123. The number of carbonyl (C=O) groups excluding carboxylic acids is 10. The Balaban J connectivity index is 1.76. The Morgan fingerprint density at radius 3 is 1.49 bits per heavy atom. The average molecular weight is 1000 g/mol. The molecule has 71 heavy (non-hydrogen) atoms. The second-order valence-corrected chi connectivity index (χ2v) is 15.7.